The Morgan fingerprint density at radius 1 is 1.28 bits per heavy atom. The number of hydrogen-bond donors (Lipinski definition) is 2. The zero-order valence-corrected chi connectivity index (χ0v) is 18.1. The number of likely N-dealkylation sites (tertiary alicyclic amines) is 1. The molecule has 2 aliphatic rings. The molecule has 2 heterocycles. The number of piperidine rings is 1. The SMILES string of the molecule is CN=C(NC[C@H]1CCCN1S(C)(=O)=O)N1CCCC(CC(N)=O)C1.I. The molecule has 8 nitrogen and oxygen atoms in total. The molecule has 0 spiro atoms. The van der Waals surface area contributed by atoms with Gasteiger partial charge in [0, 0.05) is 45.7 Å². The quantitative estimate of drug-likeness (QED) is 0.327. The average Bonchev–Trinajstić information content (AvgIpc) is 2.96. The Balaban J connectivity index is 0.00000312. The Morgan fingerprint density at radius 3 is 2.56 bits per heavy atom. The standard InChI is InChI=1S/C15H29N5O3S.HI/c1-17-15(19-7-3-5-12(11-19)9-14(16)21)18-10-13-6-4-8-20(13)24(2,22)23;/h12-13H,3-11H2,1-2H3,(H2,16,21)(H,17,18);1H/t12?,13-;/m1./s1. The predicted molar refractivity (Wildman–Crippen MR) is 109 cm³/mol. The molecule has 0 radical (unpaired) electrons. The number of hydrogen-bond acceptors (Lipinski definition) is 4. The summed E-state index contributed by atoms with van der Waals surface area (Å²) in [5.74, 6) is 0.762. The van der Waals surface area contributed by atoms with E-state index in [1.807, 2.05) is 0 Å². The highest BCUT2D eigenvalue weighted by atomic mass is 127. The highest BCUT2D eigenvalue weighted by Crippen LogP contribution is 2.21. The molecule has 0 aliphatic carbocycles. The van der Waals surface area contributed by atoms with Crippen molar-refractivity contribution in [2.75, 3.05) is 39.5 Å². The maximum Gasteiger partial charge on any atom is 0.217 e. The zero-order valence-electron chi connectivity index (χ0n) is 15.0. The molecule has 2 aliphatic heterocycles. The molecule has 0 bridgehead atoms. The summed E-state index contributed by atoms with van der Waals surface area (Å²) in [7, 11) is -1.44. The summed E-state index contributed by atoms with van der Waals surface area (Å²) in [4.78, 5) is 17.6. The number of nitrogens with two attached hydrogens (primary N) is 1. The molecule has 2 rings (SSSR count). The maximum atomic E-state index is 11.8. The first-order chi connectivity index (χ1) is 11.3. The number of primary amides is 1. The number of aliphatic imine (C=N–C) groups is 1. The third kappa shape index (κ3) is 6.55. The third-order valence-corrected chi connectivity index (χ3v) is 6.10. The fraction of sp³-hybridized carbons (Fsp3) is 0.867. The topological polar surface area (TPSA) is 108 Å². The molecule has 25 heavy (non-hydrogen) atoms. The fourth-order valence-electron chi connectivity index (χ4n) is 3.70. The van der Waals surface area contributed by atoms with Crippen LogP contribution in [0.2, 0.25) is 0 Å². The molecule has 2 saturated heterocycles. The lowest BCUT2D eigenvalue weighted by atomic mass is 9.95. The average molecular weight is 487 g/mol. The van der Waals surface area contributed by atoms with Crippen LogP contribution in [0.15, 0.2) is 4.99 Å². The second-order valence-electron chi connectivity index (χ2n) is 6.72. The first-order valence-electron chi connectivity index (χ1n) is 8.52. The summed E-state index contributed by atoms with van der Waals surface area (Å²) in [5, 5.41) is 3.31. The van der Waals surface area contributed by atoms with Gasteiger partial charge in [0.15, 0.2) is 5.96 Å². The molecule has 1 amide bonds. The lowest BCUT2D eigenvalue weighted by molar-refractivity contribution is -0.119. The zero-order chi connectivity index (χ0) is 17.7. The van der Waals surface area contributed by atoms with Crippen molar-refractivity contribution >= 4 is 45.9 Å². The van der Waals surface area contributed by atoms with Crippen molar-refractivity contribution < 1.29 is 13.2 Å². The van der Waals surface area contributed by atoms with Crippen molar-refractivity contribution in [1.29, 1.82) is 0 Å². The molecule has 1 unspecified atom stereocenters. The Kier molecular flexibility index (Phi) is 8.89. The Morgan fingerprint density at radius 2 is 1.96 bits per heavy atom. The van der Waals surface area contributed by atoms with Crippen LogP contribution in [0.3, 0.4) is 0 Å². The number of carbonyl (C=O) groups is 1. The van der Waals surface area contributed by atoms with E-state index in [1.165, 1.54) is 6.26 Å². The minimum absolute atomic E-state index is 0. The molecule has 2 atom stereocenters. The Bertz CT molecular complexity index is 584. The van der Waals surface area contributed by atoms with Crippen LogP contribution in [0, 0.1) is 5.92 Å². The summed E-state index contributed by atoms with van der Waals surface area (Å²) in [5.41, 5.74) is 5.31. The smallest absolute Gasteiger partial charge is 0.217 e. The van der Waals surface area contributed by atoms with Crippen LogP contribution < -0.4 is 11.1 Å². The molecular formula is C15H30IN5O3S. The Labute approximate surface area is 167 Å². The van der Waals surface area contributed by atoms with Crippen LogP contribution in [0.1, 0.15) is 32.1 Å². The summed E-state index contributed by atoms with van der Waals surface area (Å²) in [6.45, 7) is 2.78. The van der Waals surface area contributed by atoms with E-state index in [0.717, 1.165) is 44.7 Å². The van der Waals surface area contributed by atoms with E-state index in [9.17, 15) is 13.2 Å². The highest BCUT2D eigenvalue weighted by Gasteiger charge is 2.32. The first kappa shape index (κ1) is 22.4. The van der Waals surface area contributed by atoms with Gasteiger partial charge in [0.25, 0.3) is 0 Å². The van der Waals surface area contributed by atoms with Gasteiger partial charge in [-0.15, -0.1) is 24.0 Å². The lowest BCUT2D eigenvalue weighted by Crippen LogP contribution is -2.50. The number of nitrogens with zero attached hydrogens (tertiary/aromatic N) is 3. The van der Waals surface area contributed by atoms with E-state index >= 15 is 0 Å². The van der Waals surface area contributed by atoms with Gasteiger partial charge < -0.3 is 16.0 Å². The molecule has 0 aromatic carbocycles. The maximum absolute atomic E-state index is 11.8. The summed E-state index contributed by atoms with van der Waals surface area (Å²) < 4.78 is 25.2. The molecule has 2 fully saturated rings. The molecule has 146 valence electrons. The van der Waals surface area contributed by atoms with Crippen LogP contribution in [-0.4, -0.2) is 75.0 Å². The Hall–Kier alpha value is -0.620. The fourth-order valence-corrected chi connectivity index (χ4v) is 4.88. The molecule has 0 saturated carbocycles. The van der Waals surface area contributed by atoms with Gasteiger partial charge in [-0.1, -0.05) is 0 Å². The van der Waals surface area contributed by atoms with Crippen molar-refractivity contribution in [1.82, 2.24) is 14.5 Å². The van der Waals surface area contributed by atoms with Gasteiger partial charge in [-0.2, -0.15) is 4.31 Å². The van der Waals surface area contributed by atoms with E-state index in [2.05, 4.69) is 15.2 Å². The number of sulfonamides is 1. The van der Waals surface area contributed by atoms with E-state index in [1.54, 1.807) is 11.4 Å². The van der Waals surface area contributed by atoms with E-state index < -0.39 is 10.0 Å². The molecule has 0 aromatic rings. The van der Waals surface area contributed by atoms with Crippen LogP contribution in [0.25, 0.3) is 0 Å². The van der Waals surface area contributed by atoms with E-state index in [-0.39, 0.29) is 41.8 Å². The van der Waals surface area contributed by atoms with Crippen molar-refractivity contribution in [3.8, 4) is 0 Å². The van der Waals surface area contributed by atoms with Crippen LogP contribution in [0.4, 0.5) is 0 Å². The minimum Gasteiger partial charge on any atom is -0.370 e. The van der Waals surface area contributed by atoms with Gasteiger partial charge in [-0.25, -0.2) is 8.42 Å². The summed E-state index contributed by atoms with van der Waals surface area (Å²) in [6.07, 6.45) is 5.42. The molecule has 0 aromatic heterocycles. The second-order valence-corrected chi connectivity index (χ2v) is 8.66. The van der Waals surface area contributed by atoms with Crippen molar-refractivity contribution in [2.45, 2.75) is 38.1 Å². The summed E-state index contributed by atoms with van der Waals surface area (Å²) in [6, 6.07) is -0.0250. The van der Waals surface area contributed by atoms with Crippen LogP contribution in [0.5, 0.6) is 0 Å². The third-order valence-electron chi connectivity index (χ3n) is 4.77. The normalized spacial score (nSPS) is 25.5. The molecule has 3 N–H and O–H groups in total. The van der Waals surface area contributed by atoms with Crippen molar-refractivity contribution in [3.63, 3.8) is 0 Å². The minimum atomic E-state index is -3.16. The molecular weight excluding hydrogens is 457 g/mol. The van der Waals surface area contributed by atoms with Gasteiger partial charge >= 0.3 is 0 Å². The van der Waals surface area contributed by atoms with Gasteiger partial charge in [0.1, 0.15) is 0 Å². The highest BCUT2D eigenvalue weighted by molar-refractivity contribution is 14.0. The van der Waals surface area contributed by atoms with Crippen molar-refractivity contribution in [2.24, 2.45) is 16.6 Å². The van der Waals surface area contributed by atoms with Crippen LogP contribution in [-0.2, 0) is 14.8 Å². The van der Waals surface area contributed by atoms with Gasteiger partial charge in [0.05, 0.1) is 6.26 Å². The largest absolute Gasteiger partial charge is 0.370 e. The lowest BCUT2D eigenvalue weighted by Gasteiger charge is -2.35. The molecule has 10 heteroatoms. The van der Waals surface area contributed by atoms with Gasteiger partial charge in [0.2, 0.25) is 15.9 Å². The van der Waals surface area contributed by atoms with Gasteiger partial charge in [-0.05, 0) is 31.6 Å². The number of nitrogens with one attached hydrogen (secondary N) is 1. The number of carbonyl (C=O) groups excluding carboxylic acids is 1. The van der Waals surface area contributed by atoms with Crippen molar-refractivity contribution in [3.05, 3.63) is 0 Å². The first-order valence-corrected chi connectivity index (χ1v) is 10.4. The predicted octanol–water partition coefficient (Wildman–Crippen LogP) is 0.191. The van der Waals surface area contributed by atoms with E-state index in [4.69, 9.17) is 5.73 Å². The summed E-state index contributed by atoms with van der Waals surface area (Å²) >= 11 is 0. The van der Waals surface area contributed by atoms with E-state index in [0.29, 0.717) is 19.5 Å². The number of halogens is 1. The van der Waals surface area contributed by atoms with Crippen LogP contribution >= 0.6 is 24.0 Å². The number of amides is 1. The monoisotopic (exact) mass is 487 g/mol. The van der Waals surface area contributed by atoms with Gasteiger partial charge in [-0.3, -0.25) is 9.79 Å². The number of guanidine groups is 1. The second kappa shape index (κ2) is 9.91. The number of rotatable bonds is 5.